The molecule has 0 spiro atoms. The van der Waals surface area contributed by atoms with Crippen LogP contribution in [-0.2, 0) is 10.3 Å². The van der Waals surface area contributed by atoms with Gasteiger partial charge in [-0.25, -0.2) is 0 Å². The van der Waals surface area contributed by atoms with Crippen molar-refractivity contribution in [1.29, 1.82) is 0 Å². The van der Waals surface area contributed by atoms with Gasteiger partial charge in [0.1, 0.15) is 5.54 Å². The lowest BCUT2D eigenvalue weighted by molar-refractivity contribution is -0.136. The van der Waals surface area contributed by atoms with E-state index in [0.717, 1.165) is 25.1 Å². The Morgan fingerprint density at radius 1 is 1.20 bits per heavy atom. The second kappa shape index (κ2) is 7.41. The van der Waals surface area contributed by atoms with Gasteiger partial charge >= 0.3 is 0 Å². The quantitative estimate of drug-likeness (QED) is 0.824. The molecule has 1 atom stereocenters. The van der Waals surface area contributed by atoms with E-state index < -0.39 is 5.54 Å². The molecular weight excluding hydrogens is 250 g/mol. The number of rotatable bonds is 7. The maximum absolute atomic E-state index is 12.7. The SMILES string of the molecule is CCN(CCCN(C)C)C(=O)C(C)(N)c1ccccc1. The molecule has 20 heavy (non-hydrogen) atoms. The molecule has 4 nitrogen and oxygen atoms in total. The average Bonchev–Trinajstić information content (AvgIpc) is 2.43. The van der Waals surface area contributed by atoms with Crippen LogP contribution in [0.4, 0.5) is 0 Å². The number of carbonyl (C=O) groups is 1. The van der Waals surface area contributed by atoms with Crippen molar-refractivity contribution in [2.75, 3.05) is 33.7 Å². The van der Waals surface area contributed by atoms with Crippen LogP contribution in [0.5, 0.6) is 0 Å². The van der Waals surface area contributed by atoms with Gasteiger partial charge in [-0.05, 0) is 46.5 Å². The van der Waals surface area contributed by atoms with Crippen molar-refractivity contribution in [3.63, 3.8) is 0 Å². The van der Waals surface area contributed by atoms with Crippen LogP contribution in [0.2, 0.25) is 0 Å². The highest BCUT2D eigenvalue weighted by Gasteiger charge is 2.33. The molecule has 0 aliphatic heterocycles. The van der Waals surface area contributed by atoms with Crippen LogP contribution in [0.3, 0.4) is 0 Å². The Morgan fingerprint density at radius 3 is 2.30 bits per heavy atom. The molecule has 0 saturated heterocycles. The van der Waals surface area contributed by atoms with E-state index in [-0.39, 0.29) is 5.91 Å². The largest absolute Gasteiger partial charge is 0.341 e. The normalized spacial score (nSPS) is 14.1. The van der Waals surface area contributed by atoms with E-state index in [4.69, 9.17) is 5.73 Å². The smallest absolute Gasteiger partial charge is 0.246 e. The van der Waals surface area contributed by atoms with E-state index >= 15 is 0 Å². The van der Waals surface area contributed by atoms with Gasteiger partial charge in [0.05, 0.1) is 0 Å². The van der Waals surface area contributed by atoms with E-state index in [2.05, 4.69) is 4.90 Å². The monoisotopic (exact) mass is 277 g/mol. The highest BCUT2D eigenvalue weighted by molar-refractivity contribution is 5.87. The molecule has 1 unspecified atom stereocenters. The minimum atomic E-state index is -0.963. The van der Waals surface area contributed by atoms with E-state index in [1.807, 2.05) is 56.3 Å². The number of nitrogens with zero attached hydrogens (tertiary/aromatic N) is 2. The van der Waals surface area contributed by atoms with Gasteiger partial charge in [-0.3, -0.25) is 4.79 Å². The molecule has 1 aromatic rings. The van der Waals surface area contributed by atoms with Crippen LogP contribution in [0, 0.1) is 0 Å². The molecule has 0 aliphatic carbocycles. The number of carbonyl (C=O) groups excluding carboxylic acids is 1. The van der Waals surface area contributed by atoms with Gasteiger partial charge < -0.3 is 15.5 Å². The van der Waals surface area contributed by atoms with Gasteiger partial charge in [0.25, 0.3) is 0 Å². The molecule has 0 saturated carbocycles. The lowest BCUT2D eigenvalue weighted by Crippen LogP contribution is -2.51. The first-order valence-electron chi connectivity index (χ1n) is 7.18. The number of nitrogens with two attached hydrogens (primary N) is 1. The van der Waals surface area contributed by atoms with Crippen LogP contribution in [0.25, 0.3) is 0 Å². The van der Waals surface area contributed by atoms with E-state index in [1.165, 1.54) is 0 Å². The Bertz CT molecular complexity index is 415. The Morgan fingerprint density at radius 2 is 1.80 bits per heavy atom. The summed E-state index contributed by atoms with van der Waals surface area (Å²) in [6.07, 6.45) is 0.956. The van der Waals surface area contributed by atoms with Gasteiger partial charge in [-0.15, -0.1) is 0 Å². The van der Waals surface area contributed by atoms with Crippen molar-refractivity contribution in [3.8, 4) is 0 Å². The second-order valence-electron chi connectivity index (χ2n) is 5.61. The predicted octanol–water partition coefficient (Wildman–Crippen LogP) is 1.66. The lowest BCUT2D eigenvalue weighted by atomic mass is 9.91. The zero-order valence-electron chi connectivity index (χ0n) is 13.1. The standard InChI is InChI=1S/C16H27N3O/c1-5-19(13-9-12-18(3)4)15(20)16(2,17)14-10-7-6-8-11-14/h6-8,10-11H,5,9,12-13,17H2,1-4H3. The Hall–Kier alpha value is -1.39. The molecular formula is C16H27N3O. The summed E-state index contributed by atoms with van der Waals surface area (Å²) in [6.45, 7) is 6.18. The van der Waals surface area contributed by atoms with E-state index in [9.17, 15) is 4.79 Å². The molecule has 0 heterocycles. The van der Waals surface area contributed by atoms with Crippen molar-refractivity contribution < 1.29 is 4.79 Å². The summed E-state index contributed by atoms with van der Waals surface area (Å²) in [7, 11) is 4.07. The van der Waals surface area contributed by atoms with Crippen molar-refractivity contribution in [3.05, 3.63) is 35.9 Å². The zero-order chi connectivity index (χ0) is 15.2. The third kappa shape index (κ3) is 4.32. The van der Waals surface area contributed by atoms with Crippen molar-refractivity contribution in [2.24, 2.45) is 5.73 Å². The Labute approximate surface area is 122 Å². The van der Waals surface area contributed by atoms with Gasteiger partial charge in [0.2, 0.25) is 5.91 Å². The topological polar surface area (TPSA) is 49.6 Å². The van der Waals surface area contributed by atoms with Crippen LogP contribution < -0.4 is 5.73 Å². The predicted molar refractivity (Wildman–Crippen MR) is 83.4 cm³/mol. The molecule has 4 heteroatoms. The second-order valence-corrected chi connectivity index (χ2v) is 5.61. The van der Waals surface area contributed by atoms with Gasteiger partial charge in [0.15, 0.2) is 0 Å². The lowest BCUT2D eigenvalue weighted by Gasteiger charge is -2.31. The summed E-state index contributed by atoms with van der Waals surface area (Å²) in [4.78, 5) is 16.6. The van der Waals surface area contributed by atoms with Crippen molar-refractivity contribution in [2.45, 2.75) is 25.8 Å². The van der Waals surface area contributed by atoms with Gasteiger partial charge in [0, 0.05) is 13.1 Å². The fourth-order valence-corrected chi connectivity index (χ4v) is 2.22. The maximum atomic E-state index is 12.7. The average molecular weight is 277 g/mol. The first kappa shape index (κ1) is 16.7. The van der Waals surface area contributed by atoms with Crippen LogP contribution >= 0.6 is 0 Å². The molecule has 0 bridgehead atoms. The molecule has 0 fully saturated rings. The zero-order valence-corrected chi connectivity index (χ0v) is 13.1. The molecule has 1 amide bonds. The highest BCUT2D eigenvalue weighted by atomic mass is 16.2. The fraction of sp³-hybridized carbons (Fsp3) is 0.562. The number of likely N-dealkylation sites (N-methyl/N-ethyl adjacent to an activating group) is 1. The van der Waals surface area contributed by atoms with Crippen LogP contribution in [-0.4, -0.2) is 49.4 Å². The van der Waals surface area contributed by atoms with Crippen molar-refractivity contribution in [1.82, 2.24) is 9.80 Å². The van der Waals surface area contributed by atoms with E-state index in [0.29, 0.717) is 6.54 Å². The highest BCUT2D eigenvalue weighted by Crippen LogP contribution is 2.20. The number of benzene rings is 1. The molecule has 0 radical (unpaired) electrons. The molecule has 1 rings (SSSR count). The summed E-state index contributed by atoms with van der Waals surface area (Å²) in [5.41, 5.74) is 6.18. The Kier molecular flexibility index (Phi) is 6.17. The first-order valence-corrected chi connectivity index (χ1v) is 7.18. The first-order chi connectivity index (χ1) is 9.39. The molecule has 0 aromatic heterocycles. The summed E-state index contributed by atoms with van der Waals surface area (Å²) in [5, 5.41) is 0. The van der Waals surface area contributed by atoms with Crippen LogP contribution in [0.15, 0.2) is 30.3 Å². The van der Waals surface area contributed by atoms with Crippen LogP contribution in [0.1, 0.15) is 25.8 Å². The maximum Gasteiger partial charge on any atom is 0.246 e. The molecule has 112 valence electrons. The minimum Gasteiger partial charge on any atom is -0.341 e. The fourth-order valence-electron chi connectivity index (χ4n) is 2.22. The summed E-state index contributed by atoms with van der Waals surface area (Å²) >= 11 is 0. The third-order valence-electron chi connectivity index (χ3n) is 3.52. The van der Waals surface area contributed by atoms with Gasteiger partial charge in [-0.2, -0.15) is 0 Å². The summed E-state index contributed by atoms with van der Waals surface area (Å²) < 4.78 is 0. The van der Waals surface area contributed by atoms with Crippen molar-refractivity contribution >= 4 is 5.91 Å². The third-order valence-corrected chi connectivity index (χ3v) is 3.52. The Balaban J connectivity index is 2.74. The number of hydrogen-bond donors (Lipinski definition) is 1. The summed E-state index contributed by atoms with van der Waals surface area (Å²) in [5.74, 6) is -0.00930. The molecule has 1 aromatic carbocycles. The molecule has 0 aliphatic rings. The number of amides is 1. The number of hydrogen-bond acceptors (Lipinski definition) is 3. The van der Waals surface area contributed by atoms with Gasteiger partial charge in [-0.1, -0.05) is 30.3 Å². The van der Waals surface area contributed by atoms with E-state index in [1.54, 1.807) is 6.92 Å². The minimum absolute atomic E-state index is 0.00930. The summed E-state index contributed by atoms with van der Waals surface area (Å²) in [6, 6.07) is 9.57. The molecule has 2 N–H and O–H groups in total.